The third-order valence-electron chi connectivity index (χ3n) is 2.51. The first-order valence-corrected chi connectivity index (χ1v) is 6.02. The number of nitrogens with zero attached hydrogens (tertiary/aromatic N) is 1. The fourth-order valence-corrected chi connectivity index (χ4v) is 1.57. The van der Waals surface area contributed by atoms with Crippen LogP contribution in [0.3, 0.4) is 0 Å². The van der Waals surface area contributed by atoms with Crippen LogP contribution < -0.4 is 10.2 Å². The third-order valence-corrected chi connectivity index (χ3v) is 2.51. The lowest BCUT2D eigenvalue weighted by molar-refractivity contribution is -0.131. The fraction of sp³-hybridized carbons (Fsp3) is 0.286. The summed E-state index contributed by atoms with van der Waals surface area (Å²) in [5.41, 5.74) is 1.70. The third kappa shape index (κ3) is 5.25. The first-order chi connectivity index (χ1) is 9.02. The summed E-state index contributed by atoms with van der Waals surface area (Å²) in [5, 5.41) is 11.3. The number of likely N-dealkylation sites (N-methyl/N-ethyl adjacent to an activating group) is 2. The molecule has 0 radical (unpaired) electrons. The maximum Gasteiger partial charge on any atom is 0.328 e. The van der Waals surface area contributed by atoms with Gasteiger partial charge in [0.2, 0.25) is 5.91 Å². The molecule has 1 aromatic carbocycles. The molecule has 0 fully saturated rings. The molecule has 0 aliphatic rings. The molecule has 1 aromatic rings. The average Bonchev–Trinajstić information content (AvgIpc) is 2.37. The summed E-state index contributed by atoms with van der Waals surface area (Å²) in [6.07, 6.45) is 2.61. The van der Waals surface area contributed by atoms with Crippen LogP contribution >= 0.6 is 0 Å². The number of benzene rings is 1. The molecule has 0 aromatic heterocycles. The van der Waals surface area contributed by atoms with Gasteiger partial charge in [-0.1, -0.05) is 12.1 Å². The van der Waals surface area contributed by atoms with Crippen molar-refractivity contribution in [2.45, 2.75) is 6.92 Å². The zero-order valence-electron chi connectivity index (χ0n) is 11.1. The van der Waals surface area contributed by atoms with Crippen LogP contribution in [-0.2, 0) is 9.59 Å². The van der Waals surface area contributed by atoms with Crippen LogP contribution in [0.5, 0.6) is 0 Å². The molecule has 5 heteroatoms. The summed E-state index contributed by atoms with van der Waals surface area (Å²) >= 11 is 0. The van der Waals surface area contributed by atoms with Crippen LogP contribution in [0.2, 0.25) is 0 Å². The van der Waals surface area contributed by atoms with Gasteiger partial charge in [0, 0.05) is 25.4 Å². The molecule has 0 aliphatic heterocycles. The Morgan fingerprint density at radius 3 is 2.47 bits per heavy atom. The Bertz CT molecular complexity index is 466. The minimum absolute atomic E-state index is 0.0279. The van der Waals surface area contributed by atoms with Gasteiger partial charge >= 0.3 is 5.97 Å². The van der Waals surface area contributed by atoms with E-state index in [1.165, 1.54) is 6.08 Å². The predicted octanol–water partition coefficient (Wildman–Crippen LogP) is 1.36. The summed E-state index contributed by atoms with van der Waals surface area (Å²) in [6.45, 7) is 2.78. The number of carboxylic acid groups (broad SMARTS) is 1. The van der Waals surface area contributed by atoms with Crippen LogP contribution in [0.1, 0.15) is 12.5 Å². The highest BCUT2D eigenvalue weighted by atomic mass is 16.4. The molecule has 0 bridgehead atoms. The van der Waals surface area contributed by atoms with Crippen molar-refractivity contribution >= 4 is 23.6 Å². The number of carbonyl (C=O) groups excluding carboxylic acids is 1. The van der Waals surface area contributed by atoms with E-state index in [4.69, 9.17) is 5.11 Å². The first-order valence-electron chi connectivity index (χ1n) is 6.02. The highest BCUT2D eigenvalue weighted by Gasteiger charge is 2.05. The number of carbonyl (C=O) groups is 2. The number of anilines is 1. The van der Waals surface area contributed by atoms with Crippen molar-refractivity contribution in [2.24, 2.45) is 0 Å². The number of nitrogens with one attached hydrogen (secondary N) is 1. The SMILES string of the molecule is CCNC(=O)CN(C)c1ccc(/C=C/C(=O)O)cc1. The van der Waals surface area contributed by atoms with Gasteiger partial charge in [0.05, 0.1) is 6.54 Å². The van der Waals surface area contributed by atoms with E-state index in [-0.39, 0.29) is 12.5 Å². The second-order valence-corrected chi connectivity index (χ2v) is 4.07. The van der Waals surface area contributed by atoms with Gasteiger partial charge in [0.25, 0.3) is 0 Å². The van der Waals surface area contributed by atoms with Crippen molar-refractivity contribution in [1.82, 2.24) is 5.32 Å². The number of hydrogen-bond acceptors (Lipinski definition) is 3. The van der Waals surface area contributed by atoms with Gasteiger partial charge < -0.3 is 15.3 Å². The fourth-order valence-electron chi connectivity index (χ4n) is 1.57. The number of rotatable bonds is 6. The maximum atomic E-state index is 11.4. The van der Waals surface area contributed by atoms with E-state index in [1.54, 1.807) is 0 Å². The van der Waals surface area contributed by atoms with Crippen molar-refractivity contribution < 1.29 is 14.7 Å². The monoisotopic (exact) mass is 262 g/mol. The summed E-state index contributed by atoms with van der Waals surface area (Å²) in [7, 11) is 1.83. The molecule has 0 aliphatic carbocycles. The van der Waals surface area contributed by atoms with Crippen molar-refractivity contribution in [2.75, 3.05) is 25.0 Å². The molecule has 19 heavy (non-hydrogen) atoms. The molecular formula is C14H18N2O3. The maximum absolute atomic E-state index is 11.4. The van der Waals surface area contributed by atoms with E-state index in [1.807, 2.05) is 43.1 Å². The Labute approximate surface area is 112 Å². The molecule has 0 atom stereocenters. The number of aliphatic carboxylic acids is 1. The van der Waals surface area contributed by atoms with Crippen LogP contribution in [-0.4, -0.2) is 37.1 Å². The number of amides is 1. The molecule has 0 heterocycles. The van der Waals surface area contributed by atoms with Crippen molar-refractivity contribution in [3.05, 3.63) is 35.9 Å². The summed E-state index contributed by atoms with van der Waals surface area (Å²) < 4.78 is 0. The minimum atomic E-state index is -0.975. The normalized spacial score (nSPS) is 10.4. The highest BCUT2D eigenvalue weighted by Crippen LogP contribution is 2.14. The molecular weight excluding hydrogens is 244 g/mol. The largest absolute Gasteiger partial charge is 0.478 e. The molecule has 2 N–H and O–H groups in total. The van der Waals surface area contributed by atoms with Crippen molar-refractivity contribution in [1.29, 1.82) is 0 Å². The summed E-state index contributed by atoms with van der Waals surface area (Å²) in [6, 6.07) is 7.31. The zero-order chi connectivity index (χ0) is 14.3. The molecule has 0 unspecified atom stereocenters. The van der Waals surface area contributed by atoms with Gasteiger partial charge in [-0.25, -0.2) is 4.79 Å². The number of hydrogen-bond donors (Lipinski definition) is 2. The zero-order valence-corrected chi connectivity index (χ0v) is 11.1. The van der Waals surface area contributed by atoms with Gasteiger partial charge in [-0.05, 0) is 30.7 Å². The van der Waals surface area contributed by atoms with E-state index in [9.17, 15) is 9.59 Å². The van der Waals surface area contributed by atoms with Crippen LogP contribution in [0.25, 0.3) is 6.08 Å². The van der Waals surface area contributed by atoms with Crippen LogP contribution in [0.15, 0.2) is 30.3 Å². The Morgan fingerprint density at radius 2 is 1.95 bits per heavy atom. The lowest BCUT2D eigenvalue weighted by Gasteiger charge is -2.18. The van der Waals surface area contributed by atoms with E-state index < -0.39 is 5.97 Å². The topological polar surface area (TPSA) is 69.6 Å². The molecule has 1 amide bonds. The van der Waals surface area contributed by atoms with Gasteiger partial charge in [0.15, 0.2) is 0 Å². The van der Waals surface area contributed by atoms with Gasteiger partial charge in [-0.3, -0.25) is 4.79 Å². The lowest BCUT2D eigenvalue weighted by Crippen LogP contribution is -2.34. The second-order valence-electron chi connectivity index (χ2n) is 4.07. The molecule has 1 rings (SSSR count). The van der Waals surface area contributed by atoms with E-state index in [0.29, 0.717) is 6.54 Å². The number of carboxylic acids is 1. The van der Waals surface area contributed by atoms with Crippen LogP contribution in [0, 0.1) is 0 Å². The van der Waals surface area contributed by atoms with E-state index in [2.05, 4.69) is 5.32 Å². The van der Waals surface area contributed by atoms with E-state index >= 15 is 0 Å². The summed E-state index contributed by atoms with van der Waals surface area (Å²) in [5.74, 6) is -1.00. The van der Waals surface area contributed by atoms with Crippen molar-refractivity contribution in [3.8, 4) is 0 Å². The van der Waals surface area contributed by atoms with E-state index in [0.717, 1.165) is 17.3 Å². The minimum Gasteiger partial charge on any atom is -0.478 e. The standard InChI is InChI=1S/C14H18N2O3/c1-3-15-13(17)10-16(2)12-7-4-11(5-8-12)6-9-14(18)19/h4-9H,3,10H2,1-2H3,(H,15,17)(H,18,19)/b9-6+. The van der Waals surface area contributed by atoms with Crippen molar-refractivity contribution in [3.63, 3.8) is 0 Å². The van der Waals surface area contributed by atoms with Gasteiger partial charge in [0.1, 0.15) is 0 Å². The Morgan fingerprint density at radius 1 is 1.32 bits per heavy atom. The molecule has 0 saturated carbocycles. The quantitative estimate of drug-likeness (QED) is 0.759. The van der Waals surface area contributed by atoms with Crippen LogP contribution in [0.4, 0.5) is 5.69 Å². The Hall–Kier alpha value is -2.30. The molecule has 102 valence electrons. The smallest absolute Gasteiger partial charge is 0.328 e. The van der Waals surface area contributed by atoms with Gasteiger partial charge in [-0.15, -0.1) is 0 Å². The molecule has 0 spiro atoms. The Kier molecular flexibility index (Phi) is 5.60. The lowest BCUT2D eigenvalue weighted by atomic mass is 10.2. The molecule has 0 saturated heterocycles. The molecule has 5 nitrogen and oxygen atoms in total. The first kappa shape index (κ1) is 14.8. The predicted molar refractivity (Wildman–Crippen MR) is 75.1 cm³/mol. The average molecular weight is 262 g/mol. The Balaban J connectivity index is 2.65. The second kappa shape index (κ2) is 7.20. The summed E-state index contributed by atoms with van der Waals surface area (Å²) in [4.78, 5) is 23.7. The van der Waals surface area contributed by atoms with Gasteiger partial charge in [-0.2, -0.15) is 0 Å². The highest BCUT2D eigenvalue weighted by molar-refractivity contribution is 5.85.